The summed E-state index contributed by atoms with van der Waals surface area (Å²) in [6, 6.07) is 9.91. The van der Waals surface area contributed by atoms with E-state index < -0.39 is 28.8 Å². The number of terminal acetylenes is 1. The third-order valence-corrected chi connectivity index (χ3v) is 3.95. The quantitative estimate of drug-likeness (QED) is 0.0998. The number of carbonyl (C=O) groups is 4. The number of oxime groups is 2. The van der Waals surface area contributed by atoms with Crippen LogP contribution in [0, 0.1) is 35.8 Å². The van der Waals surface area contributed by atoms with Crippen LogP contribution in [0.5, 0.6) is 0 Å². The first-order chi connectivity index (χ1) is 18.5. The second-order valence-corrected chi connectivity index (χ2v) is 6.58. The van der Waals surface area contributed by atoms with E-state index in [9.17, 15) is 28.0 Å². The van der Waals surface area contributed by atoms with Crippen molar-refractivity contribution >= 4 is 46.0 Å². The lowest BCUT2D eigenvalue weighted by Crippen LogP contribution is -2.14. The number of ketones is 1. The molecule has 2 rings (SSSR count). The molecule has 0 aliphatic rings. The Morgan fingerprint density at radius 2 is 1.13 bits per heavy atom. The fraction of sp³-hybridized carbons (Fsp3) is 0.154. The Balaban J connectivity index is 0.000000610. The topological polar surface area (TPSA) is 130 Å². The van der Waals surface area contributed by atoms with Gasteiger partial charge in [-0.3, -0.25) is 9.59 Å². The van der Waals surface area contributed by atoms with Crippen LogP contribution in [0.4, 0.5) is 8.78 Å². The second kappa shape index (κ2) is 19.1. The summed E-state index contributed by atoms with van der Waals surface area (Å²) in [5.74, 6) is 3.54. The molecular weight excluding hydrogens is 542 g/mol. The highest BCUT2D eigenvalue weighted by molar-refractivity contribution is 6.67. The largest absolute Gasteiger partial charge is 0.464 e. The molecule has 0 aliphatic heterocycles. The van der Waals surface area contributed by atoms with E-state index in [1.807, 2.05) is 5.92 Å². The number of rotatable bonds is 6. The van der Waals surface area contributed by atoms with Gasteiger partial charge in [-0.1, -0.05) is 10.3 Å². The summed E-state index contributed by atoms with van der Waals surface area (Å²) in [6.07, 6.45) is 4.87. The molecule has 0 aromatic heterocycles. The van der Waals surface area contributed by atoms with Crippen molar-refractivity contribution in [2.24, 2.45) is 10.3 Å². The number of hydrogen-bond acceptors (Lipinski definition) is 10. The Morgan fingerprint density at radius 1 is 0.718 bits per heavy atom. The smallest absolute Gasteiger partial charge is 0.368 e. The Labute approximate surface area is 227 Å². The van der Waals surface area contributed by atoms with Crippen LogP contribution >= 0.6 is 11.6 Å². The molecular formula is C26H21ClF2N2O8. The number of hydrogen-bond donors (Lipinski definition) is 0. The average molecular weight is 563 g/mol. The van der Waals surface area contributed by atoms with E-state index in [1.165, 1.54) is 57.7 Å². The molecule has 2 aromatic carbocycles. The number of carbonyl (C=O) groups excluding carboxylic acids is 4. The van der Waals surface area contributed by atoms with Gasteiger partial charge in [-0.25, -0.2) is 18.4 Å². The van der Waals surface area contributed by atoms with E-state index in [-0.39, 0.29) is 22.8 Å². The predicted molar refractivity (Wildman–Crippen MR) is 137 cm³/mol. The van der Waals surface area contributed by atoms with Crippen molar-refractivity contribution in [3.05, 3.63) is 71.3 Å². The highest BCUT2D eigenvalue weighted by Crippen LogP contribution is 2.05. The molecule has 0 aliphatic carbocycles. The average Bonchev–Trinajstić information content (AvgIpc) is 2.94. The Kier molecular flexibility index (Phi) is 16.6. The van der Waals surface area contributed by atoms with Gasteiger partial charge in [0.2, 0.25) is 17.2 Å². The van der Waals surface area contributed by atoms with Crippen LogP contribution in [-0.2, 0) is 28.7 Å². The minimum atomic E-state index is -0.818. The molecule has 0 amide bonds. The predicted octanol–water partition coefficient (Wildman–Crippen LogP) is 3.19. The molecule has 0 bridgehead atoms. The van der Waals surface area contributed by atoms with E-state index in [0.29, 0.717) is 5.56 Å². The molecule has 10 nitrogen and oxygen atoms in total. The van der Waals surface area contributed by atoms with Gasteiger partial charge in [-0.15, -0.1) is 6.42 Å². The standard InChI is InChI=1S/C13H10FNO4.C7H4ClFO.C6H7NO3/c1-18-13(17)11(15-19-2)7-8-12(16)9-3-5-10(14)6-4-9;8-7(10)5-1-3-6(9)4-2-5;1-4-5(7-10-3)6(8)9-2/h3-6H,1-2H3;1-4H;1H,2-3H3/b15-11+;;7-5+. The molecule has 0 N–H and O–H groups in total. The fourth-order valence-electron chi connectivity index (χ4n) is 1.98. The van der Waals surface area contributed by atoms with Gasteiger partial charge in [0.05, 0.1) is 14.2 Å². The lowest BCUT2D eigenvalue weighted by molar-refractivity contribution is -0.133. The van der Waals surface area contributed by atoms with Crippen molar-refractivity contribution in [3.63, 3.8) is 0 Å². The molecule has 0 saturated carbocycles. The van der Waals surface area contributed by atoms with Crippen molar-refractivity contribution in [2.45, 2.75) is 0 Å². The van der Waals surface area contributed by atoms with Gasteiger partial charge >= 0.3 is 11.9 Å². The van der Waals surface area contributed by atoms with Crippen LogP contribution in [0.2, 0.25) is 0 Å². The maximum Gasteiger partial charge on any atom is 0.368 e. The van der Waals surface area contributed by atoms with Crippen molar-refractivity contribution in [1.82, 2.24) is 0 Å². The summed E-state index contributed by atoms with van der Waals surface area (Å²) < 4.78 is 33.5. The van der Waals surface area contributed by atoms with Crippen molar-refractivity contribution in [2.75, 3.05) is 28.4 Å². The van der Waals surface area contributed by atoms with Crippen LogP contribution in [0.15, 0.2) is 58.8 Å². The first-order valence-electron chi connectivity index (χ1n) is 10.2. The van der Waals surface area contributed by atoms with E-state index in [4.69, 9.17) is 18.0 Å². The second-order valence-electron chi connectivity index (χ2n) is 6.24. The molecule has 0 unspecified atom stereocenters. The Morgan fingerprint density at radius 3 is 1.51 bits per heavy atom. The van der Waals surface area contributed by atoms with Crippen molar-refractivity contribution < 1.29 is 47.1 Å². The summed E-state index contributed by atoms with van der Waals surface area (Å²) >= 11 is 5.09. The lowest BCUT2D eigenvalue weighted by Gasteiger charge is -1.95. The first kappa shape index (κ1) is 33.9. The van der Waals surface area contributed by atoms with Gasteiger partial charge in [0.1, 0.15) is 25.9 Å². The maximum atomic E-state index is 12.7. The number of Topliss-reactive ketones (excluding diaryl/α,β-unsaturated/α-hetero) is 1. The molecule has 39 heavy (non-hydrogen) atoms. The van der Waals surface area contributed by atoms with Gasteiger partial charge < -0.3 is 19.1 Å². The fourth-order valence-corrected chi connectivity index (χ4v) is 2.11. The normalized spacial score (nSPS) is 9.90. The summed E-state index contributed by atoms with van der Waals surface area (Å²) in [6.45, 7) is 0. The molecule has 0 radical (unpaired) electrons. The zero-order valence-electron chi connectivity index (χ0n) is 21.0. The number of ether oxygens (including phenoxy) is 2. The van der Waals surface area contributed by atoms with Gasteiger partial charge in [0.25, 0.3) is 5.24 Å². The van der Waals surface area contributed by atoms with E-state index >= 15 is 0 Å². The number of halogens is 3. The van der Waals surface area contributed by atoms with E-state index in [1.54, 1.807) is 0 Å². The molecule has 0 fully saturated rings. The van der Waals surface area contributed by atoms with Crippen LogP contribution in [-0.4, -0.2) is 62.8 Å². The van der Waals surface area contributed by atoms with E-state index in [0.717, 1.165) is 19.2 Å². The van der Waals surface area contributed by atoms with Crippen LogP contribution in [0.25, 0.3) is 0 Å². The Bertz CT molecular complexity index is 1310. The minimum Gasteiger partial charge on any atom is -0.464 e. The molecule has 0 saturated heterocycles. The number of nitrogens with zero attached hydrogens (tertiary/aromatic N) is 2. The highest BCUT2D eigenvalue weighted by Gasteiger charge is 2.10. The zero-order valence-corrected chi connectivity index (χ0v) is 21.7. The van der Waals surface area contributed by atoms with Gasteiger partial charge in [0.15, 0.2) is 0 Å². The molecule has 0 spiro atoms. The van der Waals surface area contributed by atoms with E-state index in [2.05, 4.69) is 41.3 Å². The maximum absolute atomic E-state index is 12.7. The lowest BCUT2D eigenvalue weighted by atomic mass is 10.1. The Hall–Kier alpha value is -5.07. The molecule has 13 heteroatoms. The summed E-state index contributed by atoms with van der Waals surface area (Å²) in [5, 5.41) is 5.98. The minimum absolute atomic E-state index is 0.176. The van der Waals surface area contributed by atoms with Crippen molar-refractivity contribution in [1.29, 1.82) is 0 Å². The SMILES string of the molecule is C#C/C(=N\OC)C(=O)OC.CO/N=C(\C#CC(=O)c1ccc(F)cc1)C(=O)OC.O=C(Cl)c1ccc(F)cc1. The summed E-state index contributed by atoms with van der Waals surface area (Å²) in [4.78, 5) is 52.5. The number of methoxy groups -OCH3 is 2. The zero-order chi connectivity index (χ0) is 29.8. The molecule has 0 heterocycles. The van der Waals surface area contributed by atoms with Crippen LogP contribution < -0.4 is 0 Å². The van der Waals surface area contributed by atoms with Crippen LogP contribution in [0.3, 0.4) is 0 Å². The monoisotopic (exact) mass is 562 g/mol. The third kappa shape index (κ3) is 13.7. The summed E-state index contributed by atoms with van der Waals surface area (Å²) in [5.41, 5.74) is 0.00376. The summed E-state index contributed by atoms with van der Waals surface area (Å²) in [7, 11) is 4.88. The highest BCUT2D eigenvalue weighted by atomic mass is 35.5. The first-order valence-corrected chi connectivity index (χ1v) is 10.5. The van der Waals surface area contributed by atoms with Crippen LogP contribution in [0.1, 0.15) is 20.7 Å². The van der Waals surface area contributed by atoms with Gasteiger partial charge in [-0.05, 0) is 77.9 Å². The molecule has 204 valence electrons. The number of esters is 2. The molecule has 0 atom stereocenters. The van der Waals surface area contributed by atoms with Crippen molar-refractivity contribution in [3.8, 4) is 24.2 Å². The van der Waals surface area contributed by atoms with Gasteiger partial charge in [0, 0.05) is 11.1 Å². The number of benzene rings is 2. The molecule has 2 aromatic rings. The van der Waals surface area contributed by atoms with Gasteiger partial charge in [-0.2, -0.15) is 0 Å². The third-order valence-electron chi connectivity index (χ3n) is 3.73.